The summed E-state index contributed by atoms with van der Waals surface area (Å²) in [7, 11) is 0. The molecule has 4 heteroatoms. The van der Waals surface area contributed by atoms with E-state index in [0.717, 1.165) is 30.1 Å². The maximum Gasteiger partial charge on any atom is 0.261 e. The summed E-state index contributed by atoms with van der Waals surface area (Å²) in [5.41, 5.74) is 1.37. The van der Waals surface area contributed by atoms with Gasteiger partial charge in [0, 0.05) is 18.0 Å². The Morgan fingerprint density at radius 2 is 2.42 bits per heavy atom. The summed E-state index contributed by atoms with van der Waals surface area (Å²) >= 11 is 1.65. The number of rotatable bonds is 5. The molecular weight excluding hydrogens is 258 g/mol. The van der Waals surface area contributed by atoms with Gasteiger partial charge in [-0.05, 0) is 49.1 Å². The van der Waals surface area contributed by atoms with Crippen molar-refractivity contribution in [3.05, 3.63) is 21.4 Å². The molecule has 1 amide bonds. The summed E-state index contributed by atoms with van der Waals surface area (Å²) in [6, 6.07) is 2.07. The lowest BCUT2D eigenvalue weighted by atomic mass is 9.90. The Hall–Kier alpha value is -0.870. The summed E-state index contributed by atoms with van der Waals surface area (Å²) in [6.45, 7) is 5.13. The Morgan fingerprint density at radius 3 is 3.16 bits per heavy atom. The number of amides is 1. The van der Waals surface area contributed by atoms with Crippen molar-refractivity contribution in [2.45, 2.75) is 39.5 Å². The van der Waals surface area contributed by atoms with Crippen LogP contribution in [0.3, 0.4) is 0 Å². The van der Waals surface area contributed by atoms with E-state index in [9.17, 15) is 4.79 Å². The highest BCUT2D eigenvalue weighted by Crippen LogP contribution is 2.32. The van der Waals surface area contributed by atoms with Crippen molar-refractivity contribution in [2.24, 2.45) is 11.8 Å². The van der Waals surface area contributed by atoms with E-state index in [0.29, 0.717) is 12.5 Å². The summed E-state index contributed by atoms with van der Waals surface area (Å²) < 4.78 is 0. The molecule has 1 aliphatic rings. The Bertz CT molecular complexity index is 441. The van der Waals surface area contributed by atoms with Crippen LogP contribution in [0.2, 0.25) is 0 Å². The van der Waals surface area contributed by atoms with Gasteiger partial charge in [-0.25, -0.2) is 0 Å². The zero-order chi connectivity index (χ0) is 13.8. The SMILES string of the molecule is CC(CCO)CNC(=O)c1cc2c(s1)CCC(C)C2. The monoisotopic (exact) mass is 281 g/mol. The molecule has 2 rings (SSSR count). The second-order valence-electron chi connectivity index (χ2n) is 5.73. The largest absolute Gasteiger partial charge is 0.396 e. The topological polar surface area (TPSA) is 49.3 Å². The van der Waals surface area contributed by atoms with Gasteiger partial charge >= 0.3 is 0 Å². The average molecular weight is 281 g/mol. The van der Waals surface area contributed by atoms with Crippen molar-refractivity contribution >= 4 is 17.2 Å². The molecule has 0 spiro atoms. The van der Waals surface area contributed by atoms with Crippen molar-refractivity contribution in [3.63, 3.8) is 0 Å². The number of carbonyl (C=O) groups is 1. The third-order valence-corrected chi connectivity index (χ3v) is 5.02. The fraction of sp³-hybridized carbons (Fsp3) is 0.667. The molecule has 0 fully saturated rings. The minimum Gasteiger partial charge on any atom is -0.396 e. The van der Waals surface area contributed by atoms with Crippen LogP contribution in [-0.4, -0.2) is 24.2 Å². The van der Waals surface area contributed by atoms with Gasteiger partial charge in [0.2, 0.25) is 0 Å². The van der Waals surface area contributed by atoms with Crippen molar-refractivity contribution in [2.75, 3.05) is 13.2 Å². The highest BCUT2D eigenvalue weighted by Gasteiger charge is 2.20. The number of hydrogen-bond donors (Lipinski definition) is 2. The summed E-state index contributed by atoms with van der Waals surface area (Å²) in [5, 5.41) is 11.8. The maximum absolute atomic E-state index is 12.1. The number of nitrogens with one attached hydrogen (secondary N) is 1. The number of hydrogen-bond acceptors (Lipinski definition) is 3. The Balaban J connectivity index is 1.93. The number of thiophene rings is 1. The predicted octanol–water partition coefficient (Wildman–Crippen LogP) is 2.62. The fourth-order valence-corrected chi connectivity index (χ4v) is 3.62. The van der Waals surface area contributed by atoms with Crippen LogP contribution in [0.4, 0.5) is 0 Å². The standard InChI is InChI=1S/C15H23NO2S/c1-10-3-4-13-12(7-10)8-14(19-13)15(18)16-9-11(2)5-6-17/h8,10-11,17H,3-7,9H2,1-2H3,(H,16,18). The van der Waals surface area contributed by atoms with Gasteiger partial charge in [-0.15, -0.1) is 11.3 Å². The number of aliphatic hydroxyl groups is 1. The third-order valence-electron chi connectivity index (χ3n) is 3.79. The predicted molar refractivity (Wildman–Crippen MR) is 78.7 cm³/mol. The highest BCUT2D eigenvalue weighted by atomic mass is 32.1. The number of aryl methyl sites for hydroxylation is 1. The summed E-state index contributed by atoms with van der Waals surface area (Å²) in [6.07, 6.45) is 4.20. The van der Waals surface area contributed by atoms with Gasteiger partial charge in [-0.3, -0.25) is 4.79 Å². The van der Waals surface area contributed by atoms with E-state index in [1.54, 1.807) is 11.3 Å². The van der Waals surface area contributed by atoms with Crippen LogP contribution in [0.25, 0.3) is 0 Å². The van der Waals surface area contributed by atoms with Gasteiger partial charge in [0.25, 0.3) is 5.91 Å². The van der Waals surface area contributed by atoms with Gasteiger partial charge in [0.05, 0.1) is 4.88 Å². The lowest BCUT2D eigenvalue weighted by Crippen LogP contribution is -2.28. The maximum atomic E-state index is 12.1. The van der Waals surface area contributed by atoms with E-state index in [1.807, 2.05) is 6.92 Å². The first-order valence-electron chi connectivity index (χ1n) is 7.10. The smallest absolute Gasteiger partial charge is 0.261 e. The first-order valence-corrected chi connectivity index (χ1v) is 7.92. The van der Waals surface area contributed by atoms with Gasteiger partial charge in [0.1, 0.15) is 0 Å². The van der Waals surface area contributed by atoms with Crippen molar-refractivity contribution in [3.8, 4) is 0 Å². The number of fused-ring (bicyclic) bond motifs is 1. The molecule has 0 saturated heterocycles. The van der Waals surface area contributed by atoms with Gasteiger partial charge < -0.3 is 10.4 Å². The van der Waals surface area contributed by atoms with Crippen LogP contribution >= 0.6 is 11.3 Å². The molecule has 0 aromatic carbocycles. The average Bonchev–Trinajstić information content (AvgIpc) is 2.79. The third kappa shape index (κ3) is 3.80. The number of aliphatic hydroxyl groups excluding tert-OH is 1. The molecule has 2 unspecified atom stereocenters. The molecule has 19 heavy (non-hydrogen) atoms. The lowest BCUT2D eigenvalue weighted by Gasteiger charge is -2.16. The molecule has 2 atom stereocenters. The van der Waals surface area contributed by atoms with Crippen LogP contribution in [0.1, 0.15) is 46.8 Å². The zero-order valence-electron chi connectivity index (χ0n) is 11.7. The second-order valence-corrected chi connectivity index (χ2v) is 6.87. The molecule has 1 aromatic rings. The quantitative estimate of drug-likeness (QED) is 0.871. The molecule has 3 nitrogen and oxygen atoms in total. The van der Waals surface area contributed by atoms with E-state index in [2.05, 4.69) is 18.3 Å². The molecule has 1 aromatic heterocycles. The van der Waals surface area contributed by atoms with Crippen LogP contribution in [0.15, 0.2) is 6.07 Å². The molecule has 1 heterocycles. The normalized spacial score (nSPS) is 19.8. The van der Waals surface area contributed by atoms with Crippen molar-refractivity contribution < 1.29 is 9.90 Å². The highest BCUT2D eigenvalue weighted by molar-refractivity contribution is 7.14. The van der Waals surface area contributed by atoms with E-state index in [1.165, 1.54) is 16.9 Å². The zero-order valence-corrected chi connectivity index (χ0v) is 12.6. The Kier molecular flexibility index (Phi) is 4.99. The molecule has 0 bridgehead atoms. The summed E-state index contributed by atoms with van der Waals surface area (Å²) in [4.78, 5) is 14.3. The van der Waals surface area contributed by atoms with Gasteiger partial charge in [-0.2, -0.15) is 0 Å². The van der Waals surface area contributed by atoms with Crippen LogP contribution < -0.4 is 5.32 Å². The van der Waals surface area contributed by atoms with Crippen LogP contribution in [-0.2, 0) is 12.8 Å². The molecule has 0 radical (unpaired) electrons. The van der Waals surface area contributed by atoms with E-state index in [-0.39, 0.29) is 12.5 Å². The fourth-order valence-electron chi connectivity index (χ4n) is 2.49. The first-order chi connectivity index (χ1) is 9.10. The molecule has 1 aliphatic carbocycles. The minimum absolute atomic E-state index is 0.0387. The number of carbonyl (C=O) groups excluding carboxylic acids is 1. The van der Waals surface area contributed by atoms with E-state index < -0.39 is 0 Å². The van der Waals surface area contributed by atoms with Gasteiger partial charge in [-0.1, -0.05) is 13.8 Å². The Labute approximate surface area is 119 Å². The summed E-state index contributed by atoms with van der Waals surface area (Å²) in [5.74, 6) is 1.10. The molecule has 2 N–H and O–H groups in total. The Morgan fingerprint density at radius 1 is 1.63 bits per heavy atom. The van der Waals surface area contributed by atoms with Crippen molar-refractivity contribution in [1.29, 1.82) is 0 Å². The van der Waals surface area contributed by atoms with E-state index in [4.69, 9.17) is 5.11 Å². The van der Waals surface area contributed by atoms with Gasteiger partial charge in [0.15, 0.2) is 0 Å². The second kappa shape index (κ2) is 6.53. The molecule has 106 valence electrons. The van der Waals surface area contributed by atoms with Crippen molar-refractivity contribution in [1.82, 2.24) is 5.32 Å². The lowest BCUT2D eigenvalue weighted by molar-refractivity contribution is 0.0949. The molecule has 0 saturated carbocycles. The molecular formula is C15H23NO2S. The van der Waals surface area contributed by atoms with E-state index >= 15 is 0 Å². The first kappa shape index (κ1) is 14.5. The molecule has 0 aliphatic heterocycles. The van der Waals surface area contributed by atoms with Crippen LogP contribution in [0, 0.1) is 11.8 Å². The minimum atomic E-state index is 0.0387. The van der Waals surface area contributed by atoms with Crippen LogP contribution in [0.5, 0.6) is 0 Å².